The molecular weight excluding hydrogens is 308 g/mol. The lowest BCUT2D eigenvalue weighted by Crippen LogP contribution is -2.37. The van der Waals surface area contributed by atoms with Crippen LogP contribution in [-0.4, -0.2) is 12.1 Å². The Morgan fingerprint density at radius 1 is 0.720 bits per heavy atom. The van der Waals surface area contributed by atoms with Crippen LogP contribution in [0.5, 0.6) is 0 Å². The maximum Gasteiger partial charge on any atom is 0.309 e. The highest BCUT2D eigenvalue weighted by molar-refractivity contribution is 5.73. The summed E-state index contributed by atoms with van der Waals surface area (Å²) in [6.07, 6.45) is 18.5. The molecule has 0 N–H and O–H groups in total. The number of ether oxygens (including phenoxy) is 1. The lowest BCUT2D eigenvalue weighted by Gasteiger charge is -2.45. The van der Waals surface area contributed by atoms with Crippen LogP contribution < -0.4 is 0 Å². The van der Waals surface area contributed by atoms with Crippen LogP contribution in [0.2, 0.25) is 0 Å². The summed E-state index contributed by atoms with van der Waals surface area (Å²) in [7, 11) is 0. The number of fused-ring (bicyclic) bond motifs is 4. The van der Waals surface area contributed by atoms with Crippen LogP contribution in [0.1, 0.15) is 89.9 Å². The van der Waals surface area contributed by atoms with Crippen molar-refractivity contribution in [1.29, 1.82) is 0 Å². The summed E-state index contributed by atoms with van der Waals surface area (Å²) in [6, 6.07) is 0. The molecule has 5 aliphatic carbocycles. The molecule has 0 aliphatic heterocycles. The molecule has 0 radical (unpaired) electrons. The van der Waals surface area contributed by atoms with Gasteiger partial charge in [-0.2, -0.15) is 0 Å². The van der Waals surface area contributed by atoms with Gasteiger partial charge in [0.15, 0.2) is 0 Å². The zero-order valence-corrected chi connectivity index (χ0v) is 15.7. The number of carbonyl (C=O) groups excluding carboxylic acids is 1. The van der Waals surface area contributed by atoms with E-state index in [4.69, 9.17) is 4.74 Å². The van der Waals surface area contributed by atoms with Crippen molar-refractivity contribution in [2.45, 2.75) is 96.0 Å². The lowest BCUT2D eigenvalue weighted by atomic mass is 9.61. The van der Waals surface area contributed by atoms with Crippen molar-refractivity contribution in [1.82, 2.24) is 0 Å². The van der Waals surface area contributed by atoms with Gasteiger partial charge in [-0.1, -0.05) is 30.4 Å². The van der Waals surface area contributed by atoms with Crippen molar-refractivity contribution in [2.24, 2.45) is 29.6 Å². The second-order valence-corrected chi connectivity index (χ2v) is 9.58. The van der Waals surface area contributed by atoms with E-state index in [1.54, 1.807) is 0 Å². The van der Waals surface area contributed by atoms with Crippen molar-refractivity contribution in [3.05, 3.63) is 11.1 Å². The fourth-order valence-corrected chi connectivity index (χ4v) is 7.27. The molecule has 2 heteroatoms. The average molecular weight is 343 g/mol. The smallest absolute Gasteiger partial charge is 0.309 e. The van der Waals surface area contributed by atoms with E-state index >= 15 is 0 Å². The molecule has 5 rings (SSSR count). The highest BCUT2D eigenvalue weighted by atomic mass is 16.5. The minimum atomic E-state index is 0.142. The molecule has 0 bridgehead atoms. The largest absolute Gasteiger partial charge is 0.462 e. The van der Waals surface area contributed by atoms with Gasteiger partial charge in [0.05, 0.1) is 5.92 Å². The van der Waals surface area contributed by atoms with Gasteiger partial charge in [-0.3, -0.25) is 4.79 Å². The van der Waals surface area contributed by atoms with Crippen molar-refractivity contribution in [3.8, 4) is 0 Å². The van der Waals surface area contributed by atoms with Gasteiger partial charge in [-0.25, -0.2) is 0 Å². The summed E-state index contributed by atoms with van der Waals surface area (Å²) >= 11 is 0. The highest BCUT2D eigenvalue weighted by Crippen LogP contribution is 2.55. The summed E-state index contributed by atoms with van der Waals surface area (Å²) in [4.78, 5) is 12.5. The standard InChI is InChI=1S/C23H34O2/c24-23(16-6-1-2-7-16)25-22-14-13-20-19-10-9-15-5-3-4-8-17(15)18(19)11-12-21(20)22/h15-16,19-22H,1-14H2. The second kappa shape index (κ2) is 6.74. The summed E-state index contributed by atoms with van der Waals surface area (Å²) in [5, 5.41) is 0. The quantitative estimate of drug-likeness (QED) is 0.468. The molecule has 5 aliphatic rings. The fourth-order valence-electron chi connectivity index (χ4n) is 7.27. The van der Waals surface area contributed by atoms with E-state index in [1.165, 1.54) is 70.6 Å². The third-order valence-electron chi connectivity index (χ3n) is 8.46. The van der Waals surface area contributed by atoms with Crippen LogP contribution in [0.25, 0.3) is 0 Å². The third-order valence-corrected chi connectivity index (χ3v) is 8.46. The van der Waals surface area contributed by atoms with E-state index in [-0.39, 0.29) is 18.0 Å². The number of hydrogen-bond donors (Lipinski definition) is 0. The number of esters is 1. The highest BCUT2D eigenvalue weighted by Gasteiger charge is 2.48. The first-order chi connectivity index (χ1) is 12.3. The Labute approximate surface area is 152 Å². The first-order valence-electron chi connectivity index (χ1n) is 11.2. The van der Waals surface area contributed by atoms with Crippen molar-refractivity contribution in [3.63, 3.8) is 0 Å². The Morgan fingerprint density at radius 3 is 2.44 bits per heavy atom. The van der Waals surface area contributed by atoms with Gasteiger partial charge >= 0.3 is 5.97 Å². The molecule has 2 nitrogen and oxygen atoms in total. The van der Waals surface area contributed by atoms with Crippen LogP contribution in [0.15, 0.2) is 11.1 Å². The molecule has 5 unspecified atom stereocenters. The summed E-state index contributed by atoms with van der Waals surface area (Å²) in [5.74, 6) is 3.63. The zero-order valence-electron chi connectivity index (χ0n) is 15.7. The molecule has 0 spiro atoms. The first-order valence-corrected chi connectivity index (χ1v) is 11.2. The fraction of sp³-hybridized carbons (Fsp3) is 0.870. The second-order valence-electron chi connectivity index (χ2n) is 9.58. The number of rotatable bonds is 2. The van der Waals surface area contributed by atoms with E-state index in [1.807, 2.05) is 11.1 Å². The normalized spacial score (nSPS) is 41.2. The average Bonchev–Trinajstić information content (AvgIpc) is 3.31. The Balaban J connectivity index is 1.29. The molecule has 138 valence electrons. The summed E-state index contributed by atoms with van der Waals surface area (Å²) < 4.78 is 6.10. The van der Waals surface area contributed by atoms with E-state index in [9.17, 15) is 4.79 Å². The van der Waals surface area contributed by atoms with Crippen LogP contribution in [0.4, 0.5) is 0 Å². The monoisotopic (exact) mass is 342 g/mol. The van der Waals surface area contributed by atoms with Gasteiger partial charge in [0, 0.05) is 0 Å². The number of carbonyl (C=O) groups is 1. The van der Waals surface area contributed by atoms with Gasteiger partial charge in [-0.15, -0.1) is 0 Å². The summed E-state index contributed by atoms with van der Waals surface area (Å²) in [6.45, 7) is 0. The molecule has 0 aromatic rings. The Kier molecular flexibility index (Phi) is 4.42. The predicted molar refractivity (Wildman–Crippen MR) is 99.0 cm³/mol. The number of allylic oxidation sites excluding steroid dienone is 2. The van der Waals surface area contributed by atoms with Gasteiger partial charge in [0.25, 0.3) is 0 Å². The van der Waals surface area contributed by atoms with E-state index in [0.29, 0.717) is 5.92 Å². The van der Waals surface area contributed by atoms with Crippen molar-refractivity contribution >= 4 is 5.97 Å². The molecule has 0 amide bonds. The molecule has 25 heavy (non-hydrogen) atoms. The van der Waals surface area contributed by atoms with Crippen LogP contribution in [-0.2, 0) is 9.53 Å². The molecule has 5 atom stereocenters. The number of hydrogen-bond acceptors (Lipinski definition) is 2. The molecule has 0 aromatic heterocycles. The molecule has 0 saturated heterocycles. The van der Waals surface area contributed by atoms with E-state index in [0.717, 1.165) is 37.0 Å². The lowest BCUT2D eigenvalue weighted by molar-refractivity contribution is -0.156. The maximum absolute atomic E-state index is 12.5. The topological polar surface area (TPSA) is 26.3 Å². The van der Waals surface area contributed by atoms with Crippen LogP contribution in [0.3, 0.4) is 0 Å². The zero-order chi connectivity index (χ0) is 16.8. The minimum absolute atomic E-state index is 0.142. The first kappa shape index (κ1) is 16.4. The predicted octanol–water partition coefficient (Wildman–Crippen LogP) is 5.81. The molecule has 4 saturated carbocycles. The molecule has 4 fully saturated rings. The van der Waals surface area contributed by atoms with Crippen molar-refractivity contribution in [2.75, 3.05) is 0 Å². The third kappa shape index (κ3) is 2.88. The van der Waals surface area contributed by atoms with Gasteiger partial charge < -0.3 is 4.74 Å². The van der Waals surface area contributed by atoms with E-state index in [2.05, 4.69) is 0 Å². The SMILES string of the molecule is O=C(OC1CCC2C3CCC4CCCCC4=C3CCC12)C1CCCC1. The Hall–Kier alpha value is -0.790. The van der Waals surface area contributed by atoms with Crippen molar-refractivity contribution < 1.29 is 9.53 Å². The minimum Gasteiger partial charge on any atom is -0.462 e. The van der Waals surface area contributed by atoms with Crippen LogP contribution >= 0.6 is 0 Å². The Morgan fingerprint density at radius 2 is 1.56 bits per heavy atom. The maximum atomic E-state index is 12.5. The van der Waals surface area contributed by atoms with Gasteiger partial charge in [-0.05, 0) is 94.3 Å². The van der Waals surface area contributed by atoms with Gasteiger partial charge in [0.2, 0.25) is 0 Å². The Bertz CT molecular complexity index is 556. The summed E-state index contributed by atoms with van der Waals surface area (Å²) in [5.41, 5.74) is 3.78. The molecule has 0 aromatic carbocycles. The molecule has 0 heterocycles. The van der Waals surface area contributed by atoms with Gasteiger partial charge in [0.1, 0.15) is 6.10 Å². The van der Waals surface area contributed by atoms with E-state index < -0.39 is 0 Å². The van der Waals surface area contributed by atoms with Crippen LogP contribution in [0, 0.1) is 29.6 Å². The molecular formula is C23H34O2.